The summed E-state index contributed by atoms with van der Waals surface area (Å²) in [5, 5.41) is 2.98. The zero-order valence-electron chi connectivity index (χ0n) is 4.68. The van der Waals surface area contributed by atoms with E-state index in [2.05, 4.69) is 5.32 Å². The summed E-state index contributed by atoms with van der Waals surface area (Å²) >= 11 is 0. The lowest BCUT2D eigenvalue weighted by atomic mass is 10.3. The number of nitrogens with two attached hydrogens (primary N) is 1. The molecule has 3 nitrogen and oxygen atoms in total. The average Bonchev–Trinajstić information content (AvgIpc) is 2.12. The van der Waals surface area contributed by atoms with Crippen molar-refractivity contribution < 1.29 is 4.79 Å². The predicted molar refractivity (Wildman–Crippen MR) is 30.2 cm³/mol. The van der Waals surface area contributed by atoms with Crippen molar-refractivity contribution in [1.82, 2.24) is 5.32 Å². The molecule has 8 heavy (non-hydrogen) atoms. The van der Waals surface area contributed by atoms with Gasteiger partial charge >= 0.3 is 0 Å². The van der Waals surface area contributed by atoms with Crippen LogP contribution in [-0.4, -0.2) is 18.5 Å². The molecule has 1 atom stereocenters. The Hall–Kier alpha value is -0.570. The van der Waals surface area contributed by atoms with Gasteiger partial charge in [0.2, 0.25) is 5.91 Å². The third-order valence-electron chi connectivity index (χ3n) is 1.40. The Labute approximate surface area is 48.2 Å². The molecule has 0 aromatic rings. The van der Waals surface area contributed by atoms with Crippen LogP contribution in [0, 0.1) is 0 Å². The van der Waals surface area contributed by atoms with Crippen LogP contribution >= 0.6 is 0 Å². The van der Waals surface area contributed by atoms with Gasteiger partial charge in [-0.3, -0.25) is 4.79 Å². The molecule has 0 saturated carbocycles. The van der Waals surface area contributed by atoms with E-state index in [0.29, 0.717) is 0 Å². The highest BCUT2D eigenvalue weighted by molar-refractivity contribution is 5.80. The summed E-state index contributed by atoms with van der Waals surface area (Å²) < 4.78 is 0. The van der Waals surface area contributed by atoms with Crippen molar-refractivity contribution in [1.29, 1.82) is 0 Å². The first-order valence-electron chi connectivity index (χ1n) is 2.83. The smallest absolute Gasteiger partial charge is 0.234 e. The highest BCUT2D eigenvalue weighted by Gasteiger charge is 2.18. The lowest BCUT2D eigenvalue weighted by Crippen LogP contribution is -2.36. The van der Waals surface area contributed by atoms with Crippen molar-refractivity contribution in [2.75, 3.05) is 6.54 Å². The standard InChI is InChI=1S/C5H10N2O/c6-5(8)4-2-1-3-7-4/h4,7H,1-3H2,(H2,6,8)/t4-/m0/s1/i5+1. The first-order chi connectivity index (χ1) is 3.80. The fraction of sp³-hybridized carbons (Fsp3) is 0.800. The lowest BCUT2D eigenvalue weighted by Gasteiger charge is -2.01. The van der Waals surface area contributed by atoms with Gasteiger partial charge in [-0.2, -0.15) is 0 Å². The predicted octanol–water partition coefficient (Wildman–Crippen LogP) is -0.776. The molecule has 3 heteroatoms. The Morgan fingerprint density at radius 2 is 2.50 bits per heavy atom. The quantitative estimate of drug-likeness (QED) is 0.441. The van der Waals surface area contributed by atoms with Gasteiger partial charge in [-0.15, -0.1) is 0 Å². The van der Waals surface area contributed by atoms with Crippen LogP contribution in [0.3, 0.4) is 0 Å². The molecule has 0 radical (unpaired) electrons. The van der Waals surface area contributed by atoms with Gasteiger partial charge in [0.1, 0.15) is 0 Å². The number of carbonyl (C=O) groups excluding carboxylic acids is 1. The molecule has 1 aliphatic heterocycles. The maximum atomic E-state index is 10.4. The van der Waals surface area contributed by atoms with Gasteiger partial charge in [-0.25, -0.2) is 0 Å². The second-order valence-corrected chi connectivity index (χ2v) is 2.05. The van der Waals surface area contributed by atoms with Gasteiger partial charge < -0.3 is 11.1 Å². The van der Waals surface area contributed by atoms with E-state index in [9.17, 15) is 4.79 Å². The Balaban J connectivity index is 2.35. The zero-order valence-corrected chi connectivity index (χ0v) is 4.68. The van der Waals surface area contributed by atoms with Crippen molar-refractivity contribution >= 4 is 5.91 Å². The van der Waals surface area contributed by atoms with E-state index in [1.54, 1.807) is 0 Å². The summed E-state index contributed by atoms with van der Waals surface area (Å²) in [6.45, 7) is 0.938. The number of carbonyl (C=O) groups is 1. The maximum Gasteiger partial charge on any atom is 0.234 e. The van der Waals surface area contributed by atoms with Gasteiger partial charge in [0.15, 0.2) is 0 Å². The molecule has 0 aliphatic carbocycles. The van der Waals surface area contributed by atoms with Crippen LogP contribution in [-0.2, 0) is 4.79 Å². The van der Waals surface area contributed by atoms with Crippen molar-refractivity contribution in [2.24, 2.45) is 5.73 Å². The lowest BCUT2D eigenvalue weighted by molar-refractivity contribution is -0.119. The molecule has 1 saturated heterocycles. The van der Waals surface area contributed by atoms with Crippen molar-refractivity contribution in [3.8, 4) is 0 Å². The highest BCUT2D eigenvalue weighted by atomic mass is 16.2. The van der Waals surface area contributed by atoms with Crippen molar-refractivity contribution in [2.45, 2.75) is 18.9 Å². The molecular formula is C5H10N2O. The first kappa shape index (κ1) is 5.56. The molecule has 0 unspecified atom stereocenters. The minimum absolute atomic E-state index is 0.0463. The number of primary amides is 1. The molecular weight excluding hydrogens is 105 g/mol. The van der Waals surface area contributed by atoms with E-state index in [4.69, 9.17) is 5.73 Å². The van der Waals surface area contributed by atoms with E-state index in [1.807, 2.05) is 0 Å². The van der Waals surface area contributed by atoms with Gasteiger partial charge in [-0.1, -0.05) is 0 Å². The van der Waals surface area contributed by atoms with Crippen LogP contribution in [0.5, 0.6) is 0 Å². The van der Waals surface area contributed by atoms with Crippen LogP contribution in [0.15, 0.2) is 0 Å². The molecule has 0 spiro atoms. The second kappa shape index (κ2) is 2.13. The van der Waals surface area contributed by atoms with E-state index in [-0.39, 0.29) is 11.9 Å². The van der Waals surface area contributed by atoms with E-state index in [1.165, 1.54) is 0 Å². The molecule has 1 amide bonds. The molecule has 3 N–H and O–H groups in total. The number of hydrogen-bond acceptors (Lipinski definition) is 2. The monoisotopic (exact) mass is 115 g/mol. The summed E-state index contributed by atoms with van der Waals surface area (Å²) in [5.41, 5.74) is 5.00. The summed E-state index contributed by atoms with van der Waals surface area (Å²) in [4.78, 5) is 10.4. The summed E-state index contributed by atoms with van der Waals surface area (Å²) in [6.07, 6.45) is 1.99. The van der Waals surface area contributed by atoms with Gasteiger partial charge in [0.05, 0.1) is 6.04 Å². The number of rotatable bonds is 1. The second-order valence-electron chi connectivity index (χ2n) is 2.05. The third-order valence-corrected chi connectivity index (χ3v) is 1.40. The minimum Gasteiger partial charge on any atom is -0.368 e. The van der Waals surface area contributed by atoms with E-state index < -0.39 is 0 Å². The Bertz CT molecular complexity index is 96.6. The van der Waals surface area contributed by atoms with E-state index >= 15 is 0 Å². The van der Waals surface area contributed by atoms with Crippen LogP contribution in [0.1, 0.15) is 12.8 Å². The zero-order chi connectivity index (χ0) is 5.98. The Morgan fingerprint density at radius 3 is 2.75 bits per heavy atom. The van der Waals surface area contributed by atoms with Gasteiger partial charge in [0.25, 0.3) is 0 Å². The molecule has 1 heterocycles. The number of nitrogens with one attached hydrogen (secondary N) is 1. The maximum absolute atomic E-state index is 10.4. The van der Waals surface area contributed by atoms with Crippen LogP contribution in [0.2, 0.25) is 0 Å². The van der Waals surface area contributed by atoms with Crippen LogP contribution in [0.4, 0.5) is 0 Å². The highest BCUT2D eigenvalue weighted by Crippen LogP contribution is 2.02. The fourth-order valence-electron chi connectivity index (χ4n) is 0.927. The van der Waals surface area contributed by atoms with E-state index in [0.717, 1.165) is 19.4 Å². The topological polar surface area (TPSA) is 55.1 Å². The van der Waals surface area contributed by atoms with Crippen molar-refractivity contribution in [3.63, 3.8) is 0 Å². The molecule has 0 aromatic carbocycles. The van der Waals surface area contributed by atoms with Crippen molar-refractivity contribution in [3.05, 3.63) is 0 Å². The molecule has 1 rings (SSSR count). The fourth-order valence-corrected chi connectivity index (χ4v) is 0.927. The molecule has 0 aromatic heterocycles. The summed E-state index contributed by atoms with van der Waals surface area (Å²) in [6, 6.07) is -0.0463. The van der Waals surface area contributed by atoms with Crippen LogP contribution < -0.4 is 11.1 Å². The van der Waals surface area contributed by atoms with Crippen LogP contribution in [0.25, 0.3) is 0 Å². The van der Waals surface area contributed by atoms with Gasteiger partial charge in [0, 0.05) is 0 Å². The summed E-state index contributed by atoms with van der Waals surface area (Å²) in [7, 11) is 0. The third kappa shape index (κ3) is 0.980. The minimum atomic E-state index is -0.220. The summed E-state index contributed by atoms with van der Waals surface area (Å²) in [5.74, 6) is -0.220. The Kier molecular flexibility index (Phi) is 1.48. The van der Waals surface area contributed by atoms with Gasteiger partial charge in [-0.05, 0) is 19.4 Å². The normalized spacial score (nSPS) is 28.2. The largest absolute Gasteiger partial charge is 0.368 e. The number of amides is 1. The Morgan fingerprint density at radius 1 is 1.75 bits per heavy atom. The molecule has 1 fully saturated rings. The average molecular weight is 115 g/mol. The molecule has 46 valence electrons. The molecule has 1 aliphatic rings. The number of hydrogen-bond donors (Lipinski definition) is 2. The SMILES string of the molecule is N[13C](=O)[C@@H]1CCCN1. The first-order valence-corrected chi connectivity index (χ1v) is 2.83. The molecule has 0 bridgehead atoms.